The Balaban J connectivity index is 2.56. The summed E-state index contributed by atoms with van der Waals surface area (Å²) >= 11 is 6.06. The van der Waals surface area contributed by atoms with Crippen molar-refractivity contribution in [3.05, 3.63) is 28.8 Å². The SMILES string of the molecule is CC(C)N(CCOc1ccc(C#N)cc1Cl)C(C)C. The van der Waals surface area contributed by atoms with Crippen LogP contribution in [0.3, 0.4) is 0 Å². The van der Waals surface area contributed by atoms with Crippen molar-refractivity contribution in [3.63, 3.8) is 0 Å². The van der Waals surface area contributed by atoms with Gasteiger partial charge in [-0.3, -0.25) is 4.90 Å². The Morgan fingerprint density at radius 3 is 2.37 bits per heavy atom. The zero-order valence-corrected chi connectivity index (χ0v) is 12.7. The average molecular weight is 281 g/mol. The monoisotopic (exact) mass is 280 g/mol. The van der Waals surface area contributed by atoms with E-state index in [1.54, 1.807) is 18.2 Å². The molecule has 0 fully saturated rings. The summed E-state index contributed by atoms with van der Waals surface area (Å²) in [5.74, 6) is 0.633. The van der Waals surface area contributed by atoms with E-state index in [2.05, 4.69) is 38.7 Å². The van der Waals surface area contributed by atoms with E-state index < -0.39 is 0 Å². The van der Waals surface area contributed by atoms with Gasteiger partial charge in [0.15, 0.2) is 0 Å². The van der Waals surface area contributed by atoms with Crippen molar-refractivity contribution in [3.8, 4) is 11.8 Å². The molecule has 0 aromatic heterocycles. The summed E-state index contributed by atoms with van der Waals surface area (Å²) in [4.78, 5) is 2.36. The fourth-order valence-corrected chi connectivity index (χ4v) is 2.30. The van der Waals surface area contributed by atoms with E-state index >= 15 is 0 Å². The maximum Gasteiger partial charge on any atom is 0.138 e. The highest BCUT2D eigenvalue weighted by molar-refractivity contribution is 6.32. The molecule has 1 aromatic rings. The summed E-state index contributed by atoms with van der Waals surface area (Å²) in [5.41, 5.74) is 0.545. The molecule has 0 saturated heterocycles. The van der Waals surface area contributed by atoms with Gasteiger partial charge in [-0.15, -0.1) is 0 Å². The molecule has 19 heavy (non-hydrogen) atoms. The number of benzene rings is 1. The van der Waals surface area contributed by atoms with Crippen molar-refractivity contribution in [2.75, 3.05) is 13.2 Å². The van der Waals surface area contributed by atoms with Crippen molar-refractivity contribution >= 4 is 11.6 Å². The highest BCUT2D eigenvalue weighted by atomic mass is 35.5. The van der Waals surface area contributed by atoms with Crippen LogP contribution in [0, 0.1) is 11.3 Å². The quantitative estimate of drug-likeness (QED) is 0.797. The third kappa shape index (κ3) is 4.74. The minimum absolute atomic E-state index is 0.486. The topological polar surface area (TPSA) is 36.3 Å². The maximum absolute atomic E-state index is 8.77. The Labute approximate surface area is 120 Å². The molecular formula is C15H21ClN2O. The van der Waals surface area contributed by atoms with Crippen LogP contribution in [0.5, 0.6) is 5.75 Å². The van der Waals surface area contributed by atoms with Crippen molar-refractivity contribution in [1.82, 2.24) is 4.90 Å². The van der Waals surface area contributed by atoms with E-state index in [1.807, 2.05) is 0 Å². The third-order valence-corrected chi connectivity index (χ3v) is 3.29. The molecule has 0 unspecified atom stereocenters. The third-order valence-electron chi connectivity index (χ3n) is 2.99. The molecule has 0 spiro atoms. The minimum Gasteiger partial charge on any atom is -0.491 e. The molecule has 0 radical (unpaired) electrons. The first-order valence-corrected chi connectivity index (χ1v) is 6.91. The standard InChI is InChI=1S/C15H21ClN2O/c1-11(2)18(12(3)4)7-8-19-15-6-5-13(10-17)9-14(15)16/h5-6,9,11-12H,7-8H2,1-4H3. The zero-order chi connectivity index (χ0) is 14.4. The van der Waals surface area contributed by atoms with Gasteiger partial charge in [-0.1, -0.05) is 11.6 Å². The second kappa shape index (κ2) is 7.37. The van der Waals surface area contributed by atoms with Crippen LogP contribution in [-0.2, 0) is 0 Å². The predicted molar refractivity (Wildman–Crippen MR) is 78.6 cm³/mol. The molecule has 0 aliphatic rings. The van der Waals surface area contributed by atoms with Crippen molar-refractivity contribution in [1.29, 1.82) is 5.26 Å². The highest BCUT2D eigenvalue weighted by Gasteiger charge is 2.13. The Bertz CT molecular complexity index is 444. The molecule has 0 heterocycles. The smallest absolute Gasteiger partial charge is 0.138 e. The van der Waals surface area contributed by atoms with Gasteiger partial charge in [0.1, 0.15) is 12.4 Å². The van der Waals surface area contributed by atoms with Crippen LogP contribution < -0.4 is 4.74 Å². The summed E-state index contributed by atoms with van der Waals surface area (Å²) in [6, 6.07) is 8.11. The molecule has 3 nitrogen and oxygen atoms in total. The molecule has 104 valence electrons. The molecule has 0 aliphatic heterocycles. The van der Waals surface area contributed by atoms with E-state index in [-0.39, 0.29) is 0 Å². The number of halogens is 1. The highest BCUT2D eigenvalue weighted by Crippen LogP contribution is 2.25. The van der Waals surface area contributed by atoms with Gasteiger partial charge in [-0.05, 0) is 45.9 Å². The van der Waals surface area contributed by atoms with Gasteiger partial charge in [0.2, 0.25) is 0 Å². The predicted octanol–water partition coefficient (Wildman–Crippen LogP) is 3.71. The molecule has 0 bridgehead atoms. The van der Waals surface area contributed by atoms with Crippen molar-refractivity contribution in [2.24, 2.45) is 0 Å². The van der Waals surface area contributed by atoms with E-state index in [9.17, 15) is 0 Å². The zero-order valence-electron chi connectivity index (χ0n) is 12.0. The maximum atomic E-state index is 8.77. The summed E-state index contributed by atoms with van der Waals surface area (Å²) < 4.78 is 5.68. The van der Waals surface area contributed by atoms with Crippen LogP contribution in [-0.4, -0.2) is 30.1 Å². The molecule has 4 heteroatoms. The van der Waals surface area contributed by atoms with Crippen molar-refractivity contribution in [2.45, 2.75) is 39.8 Å². The van der Waals surface area contributed by atoms with Gasteiger partial charge in [0, 0.05) is 18.6 Å². The first-order valence-electron chi connectivity index (χ1n) is 6.54. The molecule has 0 atom stereocenters. The summed E-state index contributed by atoms with van der Waals surface area (Å²) in [6.07, 6.45) is 0. The van der Waals surface area contributed by atoms with Gasteiger partial charge in [0.25, 0.3) is 0 Å². The minimum atomic E-state index is 0.486. The van der Waals surface area contributed by atoms with Crippen LogP contribution in [0.1, 0.15) is 33.3 Å². The lowest BCUT2D eigenvalue weighted by molar-refractivity contribution is 0.142. The molecule has 1 aromatic carbocycles. The lowest BCUT2D eigenvalue weighted by Crippen LogP contribution is -2.39. The van der Waals surface area contributed by atoms with Gasteiger partial charge >= 0.3 is 0 Å². The van der Waals surface area contributed by atoms with E-state index in [1.165, 1.54) is 0 Å². The van der Waals surface area contributed by atoms with E-state index in [0.717, 1.165) is 6.54 Å². The Morgan fingerprint density at radius 1 is 1.26 bits per heavy atom. The molecule has 0 N–H and O–H groups in total. The Hall–Kier alpha value is -1.24. The first kappa shape index (κ1) is 15.8. The summed E-state index contributed by atoms with van der Waals surface area (Å²) in [7, 11) is 0. The number of nitriles is 1. The largest absolute Gasteiger partial charge is 0.491 e. The Kier molecular flexibility index (Phi) is 6.14. The number of ether oxygens (including phenoxy) is 1. The second-order valence-corrected chi connectivity index (χ2v) is 5.44. The molecular weight excluding hydrogens is 260 g/mol. The lowest BCUT2D eigenvalue weighted by Gasteiger charge is -2.30. The Morgan fingerprint density at radius 2 is 1.89 bits per heavy atom. The average Bonchev–Trinajstić information content (AvgIpc) is 2.35. The van der Waals surface area contributed by atoms with Crippen LogP contribution in [0.4, 0.5) is 0 Å². The summed E-state index contributed by atoms with van der Waals surface area (Å²) in [5, 5.41) is 9.25. The van der Waals surface area contributed by atoms with Gasteiger partial charge in [-0.25, -0.2) is 0 Å². The fraction of sp³-hybridized carbons (Fsp3) is 0.533. The van der Waals surface area contributed by atoms with Crippen LogP contribution in [0.2, 0.25) is 5.02 Å². The number of hydrogen-bond donors (Lipinski definition) is 0. The normalized spacial score (nSPS) is 11.1. The number of nitrogens with zero attached hydrogens (tertiary/aromatic N) is 2. The first-order chi connectivity index (χ1) is 8.95. The van der Waals surface area contributed by atoms with E-state index in [0.29, 0.717) is 35.0 Å². The van der Waals surface area contributed by atoms with Gasteiger partial charge in [0.05, 0.1) is 16.7 Å². The summed E-state index contributed by atoms with van der Waals surface area (Å²) in [6.45, 7) is 10.1. The molecule has 0 saturated carbocycles. The van der Waals surface area contributed by atoms with Gasteiger partial charge < -0.3 is 4.74 Å². The van der Waals surface area contributed by atoms with Crippen molar-refractivity contribution < 1.29 is 4.74 Å². The van der Waals surface area contributed by atoms with E-state index in [4.69, 9.17) is 21.6 Å². The van der Waals surface area contributed by atoms with Crippen LogP contribution >= 0.6 is 11.6 Å². The van der Waals surface area contributed by atoms with Crippen LogP contribution in [0.25, 0.3) is 0 Å². The molecule has 0 amide bonds. The second-order valence-electron chi connectivity index (χ2n) is 5.03. The number of hydrogen-bond acceptors (Lipinski definition) is 3. The van der Waals surface area contributed by atoms with Crippen LogP contribution in [0.15, 0.2) is 18.2 Å². The van der Waals surface area contributed by atoms with Gasteiger partial charge in [-0.2, -0.15) is 5.26 Å². The molecule has 1 rings (SSSR count). The lowest BCUT2D eigenvalue weighted by atomic mass is 10.2. The number of rotatable bonds is 6. The fourth-order valence-electron chi connectivity index (χ4n) is 2.06. The molecule has 0 aliphatic carbocycles.